The first-order valence-electron chi connectivity index (χ1n) is 8.50. The molecule has 0 amide bonds. The number of rotatable bonds is 7. The maximum absolute atomic E-state index is 11.1. The molecule has 0 atom stereocenters. The topological polar surface area (TPSA) is 58.4 Å². The van der Waals surface area contributed by atoms with Crippen LogP contribution in [0.1, 0.15) is 45.4 Å². The van der Waals surface area contributed by atoms with Gasteiger partial charge in [-0.1, -0.05) is 51.4 Å². The van der Waals surface area contributed by atoms with Crippen LogP contribution in [0.15, 0.2) is 30.5 Å². The van der Waals surface area contributed by atoms with Gasteiger partial charge in [-0.15, -0.1) is 0 Å². The van der Waals surface area contributed by atoms with Gasteiger partial charge in [-0.25, -0.2) is 4.68 Å². The number of benzene rings is 1. The maximum Gasteiger partial charge on any atom is 0.317 e. The molecule has 0 aliphatic carbocycles. The average molecular weight is 364 g/mol. The van der Waals surface area contributed by atoms with Crippen molar-refractivity contribution in [1.82, 2.24) is 14.7 Å². The van der Waals surface area contributed by atoms with Gasteiger partial charge < -0.3 is 5.11 Å². The minimum atomic E-state index is -0.816. The Morgan fingerprint density at radius 3 is 2.56 bits per heavy atom. The third-order valence-corrected chi connectivity index (χ3v) is 4.21. The summed E-state index contributed by atoms with van der Waals surface area (Å²) in [5.74, 6) is -0.816. The van der Waals surface area contributed by atoms with Crippen molar-refractivity contribution in [2.24, 2.45) is 0 Å². The van der Waals surface area contributed by atoms with E-state index in [-0.39, 0.29) is 12.0 Å². The van der Waals surface area contributed by atoms with Crippen LogP contribution in [0.25, 0.3) is 5.69 Å². The highest BCUT2D eigenvalue weighted by atomic mass is 35.5. The lowest BCUT2D eigenvalue weighted by Gasteiger charge is -2.22. The molecule has 0 fully saturated rings. The molecular formula is C19H26ClN3O2. The zero-order valence-corrected chi connectivity index (χ0v) is 16.0. The largest absolute Gasteiger partial charge is 0.480 e. The van der Waals surface area contributed by atoms with E-state index in [0.29, 0.717) is 11.6 Å². The first-order chi connectivity index (χ1) is 11.7. The second-order valence-electron chi connectivity index (χ2n) is 7.25. The van der Waals surface area contributed by atoms with E-state index in [0.717, 1.165) is 29.9 Å². The van der Waals surface area contributed by atoms with Gasteiger partial charge in [0.25, 0.3) is 0 Å². The number of carboxylic acids is 1. The normalized spacial score (nSPS) is 11.9. The Morgan fingerprint density at radius 2 is 2.00 bits per heavy atom. The van der Waals surface area contributed by atoms with Gasteiger partial charge in [-0.2, -0.15) is 5.10 Å². The van der Waals surface area contributed by atoms with Gasteiger partial charge in [0.1, 0.15) is 0 Å². The van der Waals surface area contributed by atoms with Crippen molar-refractivity contribution in [1.29, 1.82) is 0 Å². The van der Waals surface area contributed by atoms with Crippen molar-refractivity contribution < 1.29 is 9.90 Å². The number of hydrogen-bond acceptors (Lipinski definition) is 3. The maximum atomic E-state index is 11.1. The van der Waals surface area contributed by atoms with Gasteiger partial charge in [-0.3, -0.25) is 9.69 Å². The van der Waals surface area contributed by atoms with E-state index in [1.165, 1.54) is 0 Å². The zero-order valence-electron chi connectivity index (χ0n) is 15.3. The van der Waals surface area contributed by atoms with Crippen LogP contribution in [0.4, 0.5) is 0 Å². The fourth-order valence-electron chi connectivity index (χ4n) is 2.88. The summed E-state index contributed by atoms with van der Waals surface area (Å²) in [7, 11) is 0. The number of nitrogens with zero attached hydrogens (tertiary/aromatic N) is 3. The van der Waals surface area contributed by atoms with E-state index in [1.54, 1.807) is 4.68 Å². The molecule has 1 aromatic heterocycles. The zero-order chi connectivity index (χ0) is 18.6. The lowest BCUT2D eigenvalue weighted by molar-refractivity contribution is -0.138. The van der Waals surface area contributed by atoms with Gasteiger partial charge >= 0.3 is 5.97 Å². The Morgan fingerprint density at radius 1 is 1.32 bits per heavy atom. The van der Waals surface area contributed by atoms with Crippen molar-refractivity contribution >= 4 is 17.6 Å². The Kier molecular flexibility index (Phi) is 6.25. The number of carboxylic acid groups (broad SMARTS) is 1. The summed E-state index contributed by atoms with van der Waals surface area (Å²) < 4.78 is 1.79. The fraction of sp³-hybridized carbons (Fsp3) is 0.474. The van der Waals surface area contributed by atoms with Crippen LogP contribution in [0.2, 0.25) is 5.02 Å². The molecule has 5 nitrogen and oxygen atoms in total. The van der Waals surface area contributed by atoms with Gasteiger partial charge in [0.05, 0.1) is 22.9 Å². The summed E-state index contributed by atoms with van der Waals surface area (Å²) in [6.45, 7) is 9.68. The molecule has 0 unspecified atom stereocenters. The first-order valence-corrected chi connectivity index (χ1v) is 8.88. The van der Waals surface area contributed by atoms with Crippen molar-refractivity contribution in [2.75, 3.05) is 13.1 Å². The minimum Gasteiger partial charge on any atom is -0.480 e. The summed E-state index contributed by atoms with van der Waals surface area (Å²) in [5, 5.41) is 14.6. The molecule has 0 saturated heterocycles. The number of halogens is 1. The van der Waals surface area contributed by atoms with E-state index in [4.69, 9.17) is 21.8 Å². The van der Waals surface area contributed by atoms with Gasteiger partial charge in [-0.05, 0) is 25.1 Å². The molecule has 0 radical (unpaired) electrons. The van der Waals surface area contributed by atoms with Crippen molar-refractivity contribution in [3.8, 4) is 5.69 Å². The third-order valence-electron chi connectivity index (χ3n) is 3.89. The third kappa shape index (κ3) is 5.06. The summed E-state index contributed by atoms with van der Waals surface area (Å²) in [6.07, 6.45) is 2.86. The predicted molar refractivity (Wildman–Crippen MR) is 100 cm³/mol. The number of carbonyl (C=O) groups is 1. The second-order valence-corrected chi connectivity index (χ2v) is 7.66. The van der Waals surface area contributed by atoms with Gasteiger partial charge in [0, 0.05) is 23.7 Å². The van der Waals surface area contributed by atoms with E-state index in [1.807, 2.05) is 42.3 Å². The van der Waals surface area contributed by atoms with Crippen molar-refractivity contribution in [2.45, 2.75) is 46.1 Å². The molecular weight excluding hydrogens is 338 g/mol. The molecule has 1 N–H and O–H groups in total. The molecule has 2 aromatic rings. The highest BCUT2D eigenvalue weighted by molar-refractivity contribution is 6.32. The molecule has 25 heavy (non-hydrogen) atoms. The van der Waals surface area contributed by atoms with Crippen LogP contribution in [0.3, 0.4) is 0 Å². The molecule has 0 spiro atoms. The molecule has 136 valence electrons. The molecule has 6 heteroatoms. The first kappa shape index (κ1) is 19.5. The van der Waals surface area contributed by atoms with Crippen LogP contribution in [0.5, 0.6) is 0 Å². The SMILES string of the molecule is CCCN(CC(=O)O)Cc1cn(-c2ccccc2Cl)nc1C(C)(C)C. The number of aromatic nitrogens is 2. The van der Waals surface area contributed by atoms with E-state index in [2.05, 4.69) is 20.8 Å². The quantitative estimate of drug-likeness (QED) is 0.803. The monoisotopic (exact) mass is 363 g/mol. The molecule has 1 aromatic carbocycles. The van der Waals surface area contributed by atoms with Gasteiger partial charge in [0.15, 0.2) is 0 Å². The minimum absolute atomic E-state index is 0.0225. The Balaban J connectivity index is 2.42. The van der Waals surface area contributed by atoms with Crippen LogP contribution >= 0.6 is 11.6 Å². The summed E-state index contributed by atoms with van der Waals surface area (Å²) >= 11 is 6.31. The standard InChI is InChI=1S/C19H26ClN3O2/c1-5-10-22(13-17(24)25)11-14-12-23(21-18(14)19(2,3)4)16-9-7-6-8-15(16)20/h6-9,12H,5,10-11,13H2,1-4H3,(H,24,25). The van der Waals surface area contributed by atoms with Crippen LogP contribution in [-0.4, -0.2) is 38.8 Å². The summed E-state index contributed by atoms with van der Waals surface area (Å²) in [6, 6.07) is 7.57. The summed E-state index contributed by atoms with van der Waals surface area (Å²) in [4.78, 5) is 13.1. The van der Waals surface area contributed by atoms with E-state index < -0.39 is 5.97 Å². The smallest absolute Gasteiger partial charge is 0.317 e. The van der Waals surface area contributed by atoms with E-state index >= 15 is 0 Å². The fourth-order valence-corrected chi connectivity index (χ4v) is 3.10. The van der Waals surface area contributed by atoms with Crippen LogP contribution in [0, 0.1) is 0 Å². The lowest BCUT2D eigenvalue weighted by Crippen LogP contribution is -2.31. The Labute approximate surface area is 154 Å². The molecule has 0 aliphatic heterocycles. The highest BCUT2D eigenvalue weighted by Gasteiger charge is 2.24. The van der Waals surface area contributed by atoms with Crippen molar-refractivity contribution in [3.63, 3.8) is 0 Å². The Hall–Kier alpha value is -1.85. The van der Waals surface area contributed by atoms with Crippen LogP contribution in [-0.2, 0) is 16.8 Å². The molecule has 0 bridgehead atoms. The summed E-state index contributed by atoms with van der Waals surface area (Å²) in [5.41, 5.74) is 2.66. The predicted octanol–water partition coefficient (Wildman–Crippen LogP) is 4.12. The van der Waals surface area contributed by atoms with Crippen molar-refractivity contribution in [3.05, 3.63) is 46.7 Å². The molecule has 1 heterocycles. The Bertz CT molecular complexity index is 735. The molecule has 0 aliphatic rings. The second kappa shape index (κ2) is 8.02. The molecule has 0 saturated carbocycles. The number of hydrogen-bond donors (Lipinski definition) is 1. The van der Waals surface area contributed by atoms with Gasteiger partial charge in [0.2, 0.25) is 0 Å². The number of aliphatic carboxylic acids is 1. The average Bonchev–Trinajstić information content (AvgIpc) is 2.91. The van der Waals surface area contributed by atoms with E-state index in [9.17, 15) is 4.79 Å². The number of para-hydroxylation sites is 1. The molecule has 2 rings (SSSR count). The lowest BCUT2D eigenvalue weighted by atomic mass is 9.89. The van der Waals surface area contributed by atoms with Crippen LogP contribution < -0.4 is 0 Å². The highest BCUT2D eigenvalue weighted by Crippen LogP contribution is 2.28.